The molecule has 0 bridgehead atoms. The third-order valence-corrected chi connectivity index (χ3v) is 7.83. The lowest BCUT2D eigenvalue weighted by atomic mass is 9.98. The van der Waals surface area contributed by atoms with Gasteiger partial charge in [0, 0.05) is 29.8 Å². The van der Waals surface area contributed by atoms with Crippen LogP contribution < -0.4 is 15.5 Å². The Labute approximate surface area is 202 Å². The van der Waals surface area contributed by atoms with Gasteiger partial charge in [-0.3, -0.25) is 4.79 Å². The summed E-state index contributed by atoms with van der Waals surface area (Å²) in [5.41, 5.74) is 6.89. The number of rotatable bonds is 6. The summed E-state index contributed by atoms with van der Waals surface area (Å²) in [5, 5.41) is 7.27. The molecule has 0 aromatic heterocycles. The normalized spacial score (nSPS) is 21.9. The van der Waals surface area contributed by atoms with E-state index in [4.69, 9.17) is 0 Å². The van der Waals surface area contributed by atoms with Crippen molar-refractivity contribution >= 4 is 11.6 Å². The molecule has 6 rings (SSSR count). The molecule has 4 heteroatoms. The van der Waals surface area contributed by atoms with Crippen molar-refractivity contribution in [3.05, 3.63) is 89.5 Å². The lowest BCUT2D eigenvalue weighted by molar-refractivity contribution is 0.0989. The number of benzene rings is 3. The van der Waals surface area contributed by atoms with Gasteiger partial charge in [0.1, 0.15) is 0 Å². The highest BCUT2D eigenvalue weighted by atomic mass is 16.2. The third-order valence-electron chi connectivity index (χ3n) is 7.83. The molecule has 0 spiro atoms. The summed E-state index contributed by atoms with van der Waals surface area (Å²) in [4.78, 5) is 15.2. The van der Waals surface area contributed by atoms with E-state index in [-0.39, 0.29) is 5.91 Å². The van der Waals surface area contributed by atoms with Crippen LogP contribution in [0.3, 0.4) is 0 Å². The fourth-order valence-corrected chi connectivity index (χ4v) is 5.65. The lowest BCUT2D eigenvalue weighted by Crippen LogP contribution is -2.34. The van der Waals surface area contributed by atoms with E-state index >= 15 is 0 Å². The summed E-state index contributed by atoms with van der Waals surface area (Å²) in [5.74, 6) is 1.55. The Balaban J connectivity index is 1.10. The quantitative estimate of drug-likeness (QED) is 0.554. The van der Waals surface area contributed by atoms with Crippen molar-refractivity contribution in [3.63, 3.8) is 0 Å². The topological polar surface area (TPSA) is 44.4 Å². The van der Waals surface area contributed by atoms with Gasteiger partial charge in [0.15, 0.2) is 0 Å². The molecule has 2 atom stereocenters. The van der Waals surface area contributed by atoms with E-state index in [1.807, 2.05) is 47.4 Å². The zero-order valence-electron chi connectivity index (χ0n) is 19.7. The molecule has 2 fully saturated rings. The molecule has 2 unspecified atom stereocenters. The first-order valence-electron chi connectivity index (χ1n) is 12.8. The van der Waals surface area contributed by atoms with Crippen molar-refractivity contribution in [2.24, 2.45) is 5.92 Å². The number of hydrogen-bond acceptors (Lipinski definition) is 3. The molecule has 174 valence electrons. The third kappa shape index (κ3) is 4.40. The molecule has 2 aliphatic heterocycles. The van der Waals surface area contributed by atoms with E-state index in [0.29, 0.717) is 12.0 Å². The largest absolute Gasteiger partial charge is 0.317 e. The molecule has 1 saturated carbocycles. The van der Waals surface area contributed by atoms with Crippen LogP contribution in [0.25, 0.3) is 11.1 Å². The molecule has 2 N–H and O–H groups in total. The number of carbonyl (C=O) groups excluding carboxylic acids is 1. The number of piperidine rings is 1. The molecule has 1 saturated heterocycles. The van der Waals surface area contributed by atoms with Crippen molar-refractivity contribution < 1.29 is 4.79 Å². The first-order valence-corrected chi connectivity index (χ1v) is 12.8. The van der Waals surface area contributed by atoms with E-state index in [9.17, 15) is 4.79 Å². The first-order chi connectivity index (χ1) is 16.8. The van der Waals surface area contributed by atoms with Crippen LogP contribution in [0.2, 0.25) is 0 Å². The van der Waals surface area contributed by atoms with Crippen LogP contribution >= 0.6 is 0 Å². The second kappa shape index (κ2) is 9.36. The Morgan fingerprint density at radius 3 is 2.50 bits per heavy atom. The van der Waals surface area contributed by atoms with Crippen LogP contribution in [-0.4, -0.2) is 38.1 Å². The van der Waals surface area contributed by atoms with Crippen molar-refractivity contribution in [2.45, 2.75) is 37.6 Å². The second-order valence-electron chi connectivity index (χ2n) is 10.1. The Bertz CT molecular complexity index is 1150. The zero-order valence-corrected chi connectivity index (χ0v) is 19.7. The van der Waals surface area contributed by atoms with Gasteiger partial charge in [-0.2, -0.15) is 0 Å². The molecule has 1 aliphatic carbocycles. The highest BCUT2D eigenvalue weighted by molar-refractivity contribution is 6.07. The number of amides is 1. The Morgan fingerprint density at radius 2 is 1.71 bits per heavy atom. The summed E-state index contributed by atoms with van der Waals surface area (Å²) in [6, 6.07) is 25.7. The van der Waals surface area contributed by atoms with Crippen LogP contribution in [-0.2, 0) is 6.42 Å². The minimum atomic E-state index is 0.0963. The van der Waals surface area contributed by atoms with Gasteiger partial charge in [-0.05, 0) is 91.7 Å². The highest BCUT2D eigenvalue weighted by Gasteiger charge is 2.39. The minimum Gasteiger partial charge on any atom is -0.317 e. The van der Waals surface area contributed by atoms with Gasteiger partial charge < -0.3 is 15.5 Å². The lowest BCUT2D eigenvalue weighted by Gasteiger charge is -2.23. The first kappa shape index (κ1) is 21.6. The molecule has 34 heavy (non-hydrogen) atoms. The summed E-state index contributed by atoms with van der Waals surface area (Å²) in [6.45, 7) is 4.24. The van der Waals surface area contributed by atoms with Gasteiger partial charge in [-0.15, -0.1) is 0 Å². The number of nitrogens with zero attached hydrogens (tertiary/aromatic N) is 1. The van der Waals surface area contributed by atoms with E-state index in [1.165, 1.54) is 36.0 Å². The molecule has 0 radical (unpaired) electrons. The Hall–Kier alpha value is -2.95. The smallest absolute Gasteiger partial charge is 0.258 e. The average molecular weight is 452 g/mol. The molecule has 3 aromatic rings. The average Bonchev–Trinajstić information content (AvgIpc) is 3.57. The van der Waals surface area contributed by atoms with E-state index in [2.05, 4.69) is 41.0 Å². The van der Waals surface area contributed by atoms with Crippen LogP contribution in [0.15, 0.2) is 72.8 Å². The number of carbonyl (C=O) groups is 1. The van der Waals surface area contributed by atoms with Crippen LogP contribution in [0.5, 0.6) is 0 Å². The second-order valence-corrected chi connectivity index (χ2v) is 10.1. The predicted octanol–water partition coefficient (Wildman–Crippen LogP) is 5.00. The van der Waals surface area contributed by atoms with Gasteiger partial charge in [-0.1, -0.05) is 54.6 Å². The van der Waals surface area contributed by atoms with Crippen molar-refractivity contribution in [3.8, 4) is 11.1 Å². The van der Waals surface area contributed by atoms with E-state index in [0.717, 1.165) is 55.3 Å². The Morgan fingerprint density at radius 1 is 0.941 bits per heavy atom. The monoisotopic (exact) mass is 451 g/mol. The molecular weight excluding hydrogens is 418 g/mol. The van der Waals surface area contributed by atoms with Crippen molar-refractivity contribution in [1.82, 2.24) is 10.6 Å². The van der Waals surface area contributed by atoms with Gasteiger partial charge in [0.25, 0.3) is 5.91 Å². The number of fused-ring (bicyclic) bond motifs is 1. The SMILES string of the molecule is O=C(c1ccc(-c2ccccc2)cc1)N1CCc2cc(C3CC3NCC3CCNCC3)ccc21. The zero-order chi connectivity index (χ0) is 22.9. The van der Waals surface area contributed by atoms with E-state index < -0.39 is 0 Å². The highest BCUT2D eigenvalue weighted by Crippen LogP contribution is 2.43. The van der Waals surface area contributed by atoms with Crippen molar-refractivity contribution in [2.75, 3.05) is 31.1 Å². The van der Waals surface area contributed by atoms with Crippen LogP contribution in [0.4, 0.5) is 5.69 Å². The molecule has 3 aromatic carbocycles. The summed E-state index contributed by atoms with van der Waals surface area (Å²) >= 11 is 0. The fourth-order valence-electron chi connectivity index (χ4n) is 5.65. The standard InChI is InChI=1S/C30H33N3O/c34-30(24-8-6-23(7-9-24)22-4-2-1-3-5-22)33-17-14-26-18-25(10-11-29(26)33)27-19-28(27)32-20-21-12-15-31-16-13-21/h1-11,18,21,27-28,31-32H,12-17,19-20H2. The maximum Gasteiger partial charge on any atom is 0.258 e. The molecule has 4 nitrogen and oxygen atoms in total. The maximum atomic E-state index is 13.3. The molecule has 2 heterocycles. The minimum absolute atomic E-state index is 0.0963. The van der Waals surface area contributed by atoms with Gasteiger partial charge >= 0.3 is 0 Å². The molecule has 1 amide bonds. The summed E-state index contributed by atoms with van der Waals surface area (Å²) < 4.78 is 0. The van der Waals surface area contributed by atoms with Crippen LogP contribution in [0, 0.1) is 5.92 Å². The summed E-state index contributed by atoms with van der Waals surface area (Å²) in [6.07, 6.45) is 4.77. The van der Waals surface area contributed by atoms with Gasteiger partial charge in [0.2, 0.25) is 0 Å². The summed E-state index contributed by atoms with van der Waals surface area (Å²) in [7, 11) is 0. The van der Waals surface area contributed by atoms with E-state index in [1.54, 1.807) is 0 Å². The van der Waals surface area contributed by atoms with Gasteiger partial charge in [0.05, 0.1) is 0 Å². The number of nitrogens with one attached hydrogen (secondary N) is 2. The number of hydrogen-bond donors (Lipinski definition) is 2. The van der Waals surface area contributed by atoms with Crippen LogP contribution in [0.1, 0.15) is 46.7 Å². The predicted molar refractivity (Wildman–Crippen MR) is 138 cm³/mol. The Kier molecular flexibility index (Phi) is 5.94. The number of anilines is 1. The van der Waals surface area contributed by atoms with Gasteiger partial charge in [-0.25, -0.2) is 0 Å². The molecular formula is C30H33N3O. The maximum absolute atomic E-state index is 13.3. The molecule has 3 aliphatic rings. The van der Waals surface area contributed by atoms with Crippen molar-refractivity contribution in [1.29, 1.82) is 0 Å². The fraction of sp³-hybridized carbons (Fsp3) is 0.367.